The van der Waals surface area contributed by atoms with Crippen LogP contribution in [0.5, 0.6) is 0 Å². The largest absolute Gasteiger partial charge is 0.326 e. The van der Waals surface area contributed by atoms with Gasteiger partial charge in [0.1, 0.15) is 0 Å². The first-order chi connectivity index (χ1) is 14.0. The fraction of sp³-hybridized carbons (Fsp3) is 0.545. The van der Waals surface area contributed by atoms with E-state index >= 15 is 0 Å². The molecule has 0 radical (unpaired) electrons. The van der Waals surface area contributed by atoms with Gasteiger partial charge in [-0.1, -0.05) is 13.8 Å². The Balaban J connectivity index is 1.73. The molecule has 1 fully saturated rings. The normalized spacial score (nSPS) is 21.4. The number of benzene rings is 1. The van der Waals surface area contributed by atoms with Gasteiger partial charge in [-0.25, -0.2) is 8.42 Å². The number of sulfonamides is 1. The second-order valence-corrected chi connectivity index (χ2v) is 10.6. The number of piperidine rings is 1. The van der Waals surface area contributed by atoms with Crippen LogP contribution in [0.2, 0.25) is 0 Å². The van der Waals surface area contributed by atoms with Crippen LogP contribution in [0.15, 0.2) is 29.2 Å². The van der Waals surface area contributed by atoms with E-state index in [-0.39, 0.29) is 16.7 Å². The molecule has 0 bridgehead atoms. The van der Waals surface area contributed by atoms with E-state index in [2.05, 4.69) is 24.3 Å². The van der Waals surface area contributed by atoms with Gasteiger partial charge in [0, 0.05) is 37.1 Å². The van der Waals surface area contributed by atoms with Crippen molar-refractivity contribution in [1.82, 2.24) is 14.1 Å². The van der Waals surface area contributed by atoms with Crippen molar-refractivity contribution in [3.63, 3.8) is 0 Å². The van der Waals surface area contributed by atoms with Gasteiger partial charge in [0.15, 0.2) is 0 Å². The van der Waals surface area contributed by atoms with E-state index in [4.69, 9.17) is 0 Å². The molecule has 8 heteroatoms. The third-order valence-electron chi connectivity index (χ3n) is 5.99. The van der Waals surface area contributed by atoms with Gasteiger partial charge in [-0.2, -0.15) is 9.40 Å². The quantitative estimate of drug-likeness (QED) is 0.784. The van der Waals surface area contributed by atoms with Crippen molar-refractivity contribution in [1.29, 1.82) is 0 Å². The minimum Gasteiger partial charge on any atom is -0.326 e. The molecule has 30 heavy (non-hydrogen) atoms. The van der Waals surface area contributed by atoms with E-state index < -0.39 is 10.0 Å². The minimum atomic E-state index is -3.53. The topological polar surface area (TPSA) is 84.3 Å². The van der Waals surface area contributed by atoms with E-state index in [1.54, 1.807) is 33.3 Å². The van der Waals surface area contributed by atoms with Crippen LogP contribution in [-0.4, -0.2) is 41.5 Å². The molecule has 3 atom stereocenters. The lowest BCUT2D eigenvalue weighted by Gasteiger charge is -2.34. The minimum absolute atomic E-state index is 0.150. The highest BCUT2D eigenvalue weighted by Crippen LogP contribution is 2.28. The molecule has 0 aliphatic carbocycles. The summed E-state index contributed by atoms with van der Waals surface area (Å²) in [6, 6.07) is 6.44. The van der Waals surface area contributed by atoms with Crippen LogP contribution in [0.4, 0.5) is 5.69 Å². The summed E-state index contributed by atoms with van der Waals surface area (Å²) in [6.07, 6.45) is 1.05. The Bertz CT molecular complexity index is 1020. The van der Waals surface area contributed by atoms with Crippen molar-refractivity contribution in [3.8, 4) is 0 Å². The number of aromatic nitrogens is 2. The van der Waals surface area contributed by atoms with Crippen LogP contribution in [0.25, 0.3) is 0 Å². The van der Waals surface area contributed by atoms with Crippen LogP contribution in [-0.2, 0) is 21.9 Å². The predicted molar refractivity (Wildman–Crippen MR) is 118 cm³/mol. The predicted octanol–water partition coefficient (Wildman–Crippen LogP) is 3.45. The summed E-state index contributed by atoms with van der Waals surface area (Å²) < 4.78 is 29.4. The lowest BCUT2D eigenvalue weighted by molar-refractivity contribution is -0.117. The summed E-state index contributed by atoms with van der Waals surface area (Å²) in [5.41, 5.74) is 3.29. The van der Waals surface area contributed by atoms with E-state index in [9.17, 15) is 13.2 Å². The highest BCUT2D eigenvalue weighted by atomic mass is 32.2. The number of hydrogen-bond donors (Lipinski definition) is 1. The number of carbonyl (C=O) groups excluding carboxylic acids is 1. The monoisotopic (exact) mass is 432 g/mol. The van der Waals surface area contributed by atoms with E-state index in [0.717, 1.165) is 23.4 Å². The van der Waals surface area contributed by atoms with Gasteiger partial charge in [-0.15, -0.1) is 0 Å². The number of aryl methyl sites for hydroxylation is 2. The molecule has 2 heterocycles. The Hall–Kier alpha value is -2.19. The summed E-state index contributed by atoms with van der Waals surface area (Å²) in [6.45, 7) is 11.0. The Morgan fingerprint density at radius 2 is 1.70 bits per heavy atom. The molecular weight excluding hydrogens is 400 g/mol. The van der Waals surface area contributed by atoms with Crippen LogP contribution < -0.4 is 5.32 Å². The Morgan fingerprint density at radius 1 is 1.13 bits per heavy atom. The van der Waals surface area contributed by atoms with Gasteiger partial charge in [0.25, 0.3) is 0 Å². The molecule has 164 valence electrons. The number of carbonyl (C=O) groups is 1. The van der Waals surface area contributed by atoms with Gasteiger partial charge in [-0.05, 0) is 63.3 Å². The van der Waals surface area contributed by atoms with Gasteiger partial charge in [0.05, 0.1) is 16.5 Å². The number of rotatable bonds is 5. The maximum absolute atomic E-state index is 13.0. The molecule has 1 aromatic carbocycles. The average molecular weight is 433 g/mol. The SMILES string of the molecule is Cc1nn(C)c(C)c1[C@H](C)C(=O)Nc1ccc(S(=O)(=O)N2C[C@H](C)C[C@H](C)C2)cc1. The molecule has 0 spiro atoms. The van der Waals surface area contributed by atoms with Crippen LogP contribution >= 0.6 is 0 Å². The van der Waals surface area contributed by atoms with Crippen molar-refractivity contribution < 1.29 is 13.2 Å². The molecular formula is C22H32N4O3S. The van der Waals surface area contributed by atoms with Gasteiger partial charge < -0.3 is 5.32 Å². The molecule has 2 aromatic rings. The molecule has 7 nitrogen and oxygen atoms in total. The number of amides is 1. The molecule has 1 aliphatic heterocycles. The summed E-state index contributed by atoms with van der Waals surface area (Å²) in [5.74, 6) is 0.188. The maximum atomic E-state index is 13.0. The highest BCUT2D eigenvalue weighted by Gasteiger charge is 2.31. The van der Waals surface area contributed by atoms with Crippen LogP contribution in [0.3, 0.4) is 0 Å². The van der Waals surface area contributed by atoms with E-state index in [1.807, 2.05) is 27.8 Å². The molecule has 3 rings (SSSR count). The van der Waals surface area contributed by atoms with E-state index in [1.165, 1.54) is 0 Å². The summed E-state index contributed by atoms with van der Waals surface area (Å²) in [5, 5.41) is 7.27. The smallest absolute Gasteiger partial charge is 0.243 e. The molecule has 1 saturated heterocycles. The maximum Gasteiger partial charge on any atom is 0.243 e. The second-order valence-electron chi connectivity index (χ2n) is 8.71. The number of anilines is 1. The average Bonchev–Trinajstić information content (AvgIpc) is 2.92. The fourth-order valence-electron chi connectivity index (χ4n) is 4.46. The first-order valence-corrected chi connectivity index (χ1v) is 11.9. The third-order valence-corrected chi connectivity index (χ3v) is 7.83. The van der Waals surface area contributed by atoms with Crippen molar-refractivity contribution >= 4 is 21.6 Å². The van der Waals surface area contributed by atoms with Crippen molar-refractivity contribution in [2.45, 2.75) is 51.9 Å². The Morgan fingerprint density at radius 3 is 2.20 bits per heavy atom. The van der Waals surface area contributed by atoms with E-state index in [0.29, 0.717) is 30.6 Å². The third kappa shape index (κ3) is 4.44. The van der Waals surface area contributed by atoms with Crippen molar-refractivity contribution in [2.75, 3.05) is 18.4 Å². The van der Waals surface area contributed by atoms with Crippen molar-refractivity contribution in [3.05, 3.63) is 41.2 Å². The molecule has 0 saturated carbocycles. The van der Waals surface area contributed by atoms with Gasteiger partial charge >= 0.3 is 0 Å². The number of nitrogens with one attached hydrogen (secondary N) is 1. The summed E-state index contributed by atoms with van der Waals surface area (Å²) in [4.78, 5) is 13.0. The molecule has 1 aromatic heterocycles. The molecule has 0 unspecified atom stereocenters. The molecule has 1 aliphatic rings. The van der Waals surface area contributed by atoms with Gasteiger partial charge in [0.2, 0.25) is 15.9 Å². The van der Waals surface area contributed by atoms with Gasteiger partial charge in [-0.3, -0.25) is 9.48 Å². The highest BCUT2D eigenvalue weighted by molar-refractivity contribution is 7.89. The standard InChI is InChI=1S/C22H32N4O3S/c1-14-11-15(2)13-26(12-14)30(28,29)20-9-7-19(8-10-20)23-22(27)16(3)21-17(4)24-25(6)18(21)5/h7-10,14-16H,11-13H2,1-6H3,(H,23,27)/t14-,15+,16-/m0/s1. The summed E-state index contributed by atoms with van der Waals surface area (Å²) in [7, 11) is -1.67. The molecule has 1 amide bonds. The Kier molecular flexibility index (Phi) is 6.38. The molecule has 1 N–H and O–H groups in total. The number of nitrogens with zero attached hydrogens (tertiary/aromatic N) is 3. The zero-order valence-corrected chi connectivity index (χ0v) is 19.5. The summed E-state index contributed by atoms with van der Waals surface area (Å²) >= 11 is 0. The Labute approximate surface area is 179 Å². The fourth-order valence-corrected chi connectivity index (χ4v) is 6.14. The second kappa shape index (κ2) is 8.51. The van der Waals surface area contributed by atoms with Crippen LogP contribution in [0, 0.1) is 25.7 Å². The zero-order chi connectivity index (χ0) is 22.2. The number of hydrogen-bond acceptors (Lipinski definition) is 4. The van der Waals surface area contributed by atoms with Crippen molar-refractivity contribution in [2.24, 2.45) is 18.9 Å². The first kappa shape index (κ1) is 22.5. The first-order valence-electron chi connectivity index (χ1n) is 10.4. The lowest BCUT2D eigenvalue weighted by atomic mass is 9.94. The lowest BCUT2D eigenvalue weighted by Crippen LogP contribution is -2.42. The van der Waals surface area contributed by atoms with Crippen LogP contribution in [0.1, 0.15) is 50.1 Å². The zero-order valence-electron chi connectivity index (χ0n) is 18.6.